The third-order valence-electron chi connectivity index (χ3n) is 4.54. The number of rotatable bonds is 5. The highest BCUT2D eigenvalue weighted by Crippen LogP contribution is 2.20. The summed E-state index contributed by atoms with van der Waals surface area (Å²) in [6.07, 6.45) is 1.51. The van der Waals surface area contributed by atoms with E-state index in [1.54, 1.807) is 4.90 Å². The second kappa shape index (κ2) is 7.99. The van der Waals surface area contributed by atoms with Gasteiger partial charge in [0.2, 0.25) is 11.8 Å². The van der Waals surface area contributed by atoms with Crippen molar-refractivity contribution in [2.45, 2.75) is 32.7 Å². The van der Waals surface area contributed by atoms with Crippen LogP contribution in [0.2, 0.25) is 0 Å². The van der Waals surface area contributed by atoms with E-state index in [9.17, 15) is 9.59 Å². The Bertz CT molecular complexity index is 522. The minimum absolute atomic E-state index is 0.0496. The van der Waals surface area contributed by atoms with E-state index >= 15 is 0 Å². The van der Waals surface area contributed by atoms with E-state index in [1.165, 1.54) is 0 Å². The molecule has 0 aromatic heterocycles. The Morgan fingerprint density at radius 2 is 1.83 bits per heavy atom. The quantitative estimate of drug-likeness (QED) is 0.906. The van der Waals surface area contributed by atoms with Gasteiger partial charge in [-0.05, 0) is 38.8 Å². The molecule has 5 heteroatoms. The van der Waals surface area contributed by atoms with Gasteiger partial charge in [-0.15, -0.1) is 0 Å². The van der Waals surface area contributed by atoms with Crippen molar-refractivity contribution in [3.63, 3.8) is 0 Å². The van der Waals surface area contributed by atoms with E-state index in [-0.39, 0.29) is 23.8 Å². The van der Waals surface area contributed by atoms with Crippen LogP contribution in [0.4, 0.5) is 5.69 Å². The summed E-state index contributed by atoms with van der Waals surface area (Å²) in [6, 6.07) is 9.94. The van der Waals surface area contributed by atoms with Crippen LogP contribution >= 0.6 is 0 Å². The van der Waals surface area contributed by atoms with Crippen molar-refractivity contribution < 1.29 is 9.59 Å². The minimum atomic E-state index is 0.0496. The fraction of sp³-hybridized carbons (Fsp3) is 0.556. The summed E-state index contributed by atoms with van der Waals surface area (Å²) >= 11 is 0. The second-order valence-electron chi connectivity index (χ2n) is 6.42. The number of amides is 2. The van der Waals surface area contributed by atoms with Crippen LogP contribution < -0.4 is 5.32 Å². The number of hydrogen-bond donors (Lipinski definition) is 1. The van der Waals surface area contributed by atoms with Crippen molar-refractivity contribution in [3.05, 3.63) is 30.3 Å². The molecule has 2 rings (SSSR count). The molecule has 0 bridgehead atoms. The van der Waals surface area contributed by atoms with Gasteiger partial charge in [0.25, 0.3) is 0 Å². The highest BCUT2D eigenvalue weighted by Gasteiger charge is 2.29. The third kappa shape index (κ3) is 4.71. The van der Waals surface area contributed by atoms with Crippen molar-refractivity contribution in [1.29, 1.82) is 0 Å². The lowest BCUT2D eigenvalue weighted by Crippen LogP contribution is -2.46. The molecular weight excluding hydrogens is 290 g/mol. The Kier molecular flexibility index (Phi) is 6.02. The molecule has 1 heterocycles. The SMILES string of the molecule is CC(C)N(C)C(=O)C1CCN(C(=O)CNc2ccccc2)CC1. The van der Waals surface area contributed by atoms with Crippen molar-refractivity contribution >= 4 is 17.5 Å². The summed E-state index contributed by atoms with van der Waals surface area (Å²) in [7, 11) is 1.86. The second-order valence-corrected chi connectivity index (χ2v) is 6.42. The first kappa shape index (κ1) is 17.3. The molecule has 0 spiro atoms. The molecule has 0 unspecified atom stereocenters. The van der Waals surface area contributed by atoms with Crippen molar-refractivity contribution in [1.82, 2.24) is 9.80 Å². The van der Waals surface area contributed by atoms with Gasteiger partial charge in [0.05, 0.1) is 6.54 Å². The van der Waals surface area contributed by atoms with Crippen LogP contribution in [-0.4, -0.2) is 54.3 Å². The Balaban J connectivity index is 1.77. The average molecular weight is 317 g/mol. The molecule has 1 aliphatic rings. The van der Waals surface area contributed by atoms with Crippen LogP contribution in [0.25, 0.3) is 0 Å². The lowest BCUT2D eigenvalue weighted by molar-refractivity contribution is -0.140. The zero-order valence-electron chi connectivity index (χ0n) is 14.3. The zero-order valence-corrected chi connectivity index (χ0v) is 14.3. The van der Waals surface area contributed by atoms with Gasteiger partial charge in [-0.3, -0.25) is 9.59 Å². The first-order valence-electron chi connectivity index (χ1n) is 8.32. The molecule has 5 nitrogen and oxygen atoms in total. The van der Waals surface area contributed by atoms with Gasteiger partial charge in [0.15, 0.2) is 0 Å². The molecule has 1 N–H and O–H groups in total. The molecule has 23 heavy (non-hydrogen) atoms. The Morgan fingerprint density at radius 1 is 1.22 bits per heavy atom. The van der Waals surface area contributed by atoms with Gasteiger partial charge < -0.3 is 15.1 Å². The molecule has 0 atom stereocenters. The lowest BCUT2D eigenvalue weighted by Gasteiger charge is -2.34. The molecule has 0 radical (unpaired) electrons. The van der Waals surface area contributed by atoms with Crippen LogP contribution in [-0.2, 0) is 9.59 Å². The van der Waals surface area contributed by atoms with Gasteiger partial charge >= 0.3 is 0 Å². The van der Waals surface area contributed by atoms with E-state index in [4.69, 9.17) is 0 Å². The smallest absolute Gasteiger partial charge is 0.241 e. The third-order valence-corrected chi connectivity index (χ3v) is 4.54. The fourth-order valence-corrected chi connectivity index (χ4v) is 2.76. The molecule has 1 aliphatic heterocycles. The monoisotopic (exact) mass is 317 g/mol. The molecule has 126 valence electrons. The summed E-state index contributed by atoms with van der Waals surface area (Å²) in [6.45, 7) is 5.67. The van der Waals surface area contributed by atoms with Crippen LogP contribution in [0, 0.1) is 5.92 Å². The topological polar surface area (TPSA) is 52.7 Å². The first-order valence-corrected chi connectivity index (χ1v) is 8.32. The van der Waals surface area contributed by atoms with Gasteiger partial charge in [0.1, 0.15) is 0 Å². The molecular formula is C18H27N3O2. The van der Waals surface area contributed by atoms with Gasteiger partial charge in [0, 0.05) is 37.8 Å². The largest absolute Gasteiger partial charge is 0.376 e. The van der Waals surface area contributed by atoms with Crippen LogP contribution in [0.15, 0.2) is 30.3 Å². The maximum atomic E-state index is 12.3. The van der Waals surface area contributed by atoms with Crippen LogP contribution in [0.5, 0.6) is 0 Å². The Labute approximate surface area is 138 Å². The van der Waals surface area contributed by atoms with E-state index < -0.39 is 0 Å². The first-order chi connectivity index (χ1) is 11.0. The maximum absolute atomic E-state index is 12.3. The summed E-state index contributed by atoms with van der Waals surface area (Å²) < 4.78 is 0. The normalized spacial score (nSPS) is 15.6. The number of carbonyl (C=O) groups excluding carboxylic acids is 2. The summed E-state index contributed by atoms with van der Waals surface area (Å²) in [4.78, 5) is 28.3. The number of para-hydroxylation sites is 1. The summed E-state index contributed by atoms with van der Waals surface area (Å²) in [5.41, 5.74) is 0.949. The summed E-state index contributed by atoms with van der Waals surface area (Å²) in [5.74, 6) is 0.347. The van der Waals surface area contributed by atoms with Gasteiger partial charge in [-0.2, -0.15) is 0 Å². The van der Waals surface area contributed by atoms with Crippen LogP contribution in [0.1, 0.15) is 26.7 Å². The van der Waals surface area contributed by atoms with Crippen LogP contribution in [0.3, 0.4) is 0 Å². The number of nitrogens with zero attached hydrogens (tertiary/aromatic N) is 2. The number of likely N-dealkylation sites (tertiary alicyclic amines) is 1. The van der Waals surface area contributed by atoms with Crippen molar-refractivity contribution in [3.8, 4) is 0 Å². The number of carbonyl (C=O) groups is 2. The molecule has 1 fully saturated rings. The number of hydrogen-bond acceptors (Lipinski definition) is 3. The van der Waals surface area contributed by atoms with Gasteiger partial charge in [-0.25, -0.2) is 0 Å². The Hall–Kier alpha value is -2.04. The van der Waals surface area contributed by atoms with Crippen molar-refractivity contribution in [2.75, 3.05) is 32.0 Å². The van der Waals surface area contributed by atoms with E-state index in [1.807, 2.05) is 56.1 Å². The van der Waals surface area contributed by atoms with E-state index in [2.05, 4.69) is 5.32 Å². The molecule has 1 aromatic rings. The predicted octanol–water partition coefficient (Wildman–Crippen LogP) is 2.20. The molecule has 1 aromatic carbocycles. The van der Waals surface area contributed by atoms with Crippen molar-refractivity contribution in [2.24, 2.45) is 5.92 Å². The number of benzene rings is 1. The minimum Gasteiger partial charge on any atom is -0.376 e. The predicted molar refractivity (Wildman–Crippen MR) is 92.1 cm³/mol. The fourth-order valence-electron chi connectivity index (χ4n) is 2.76. The van der Waals surface area contributed by atoms with E-state index in [0.29, 0.717) is 19.6 Å². The highest BCUT2D eigenvalue weighted by atomic mass is 16.2. The average Bonchev–Trinajstić information content (AvgIpc) is 2.59. The van der Waals surface area contributed by atoms with Gasteiger partial charge in [-0.1, -0.05) is 18.2 Å². The number of piperidine rings is 1. The van der Waals surface area contributed by atoms with E-state index in [0.717, 1.165) is 18.5 Å². The standard InChI is InChI=1S/C18H27N3O2/c1-14(2)20(3)18(23)15-9-11-21(12-10-15)17(22)13-19-16-7-5-4-6-8-16/h4-8,14-15,19H,9-13H2,1-3H3. The summed E-state index contributed by atoms with van der Waals surface area (Å²) in [5, 5.41) is 3.14. The molecule has 1 saturated heterocycles. The molecule has 0 saturated carbocycles. The Morgan fingerprint density at radius 3 is 2.39 bits per heavy atom. The molecule has 0 aliphatic carbocycles. The highest BCUT2D eigenvalue weighted by molar-refractivity contribution is 5.82. The maximum Gasteiger partial charge on any atom is 0.241 e. The number of nitrogens with one attached hydrogen (secondary N) is 1. The lowest BCUT2D eigenvalue weighted by atomic mass is 9.95. The molecule has 2 amide bonds. The number of anilines is 1. The zero-order chi connectivity index (χ0) is 16.8.